The third kappa shape index (κ3) is 3.16. The van der Waals surface area contributed by atoms with E-state index in [0.717, 1.165) is 0 Å². The van der Waals surface area contributed by atoms with Gasteiger partial charge in [0.1, 0.15) is 6.10 Å². The number of carbonyl (C=O) groups is 1. The maximum Gasteiger partial charge on any atom is 0.311 e. The zero-order valence-corrected chi connectivity index (χ0v) is 9.55. The second kappa shape index (κ2) is 4.08. The number of alkyl halides is 1. The number of ether oxygens (including phenoxy) is 1. The predicted molar refractivity (Wildman–Crippen MR) is 53.9 cm³/mol. The molecule has 1 fully saturated rings. The summed E-state index contributed by atoms with van der Waals surface area (Å²) in [5.41, 5.74) is -0.531. The summed E-state index contributed by atoms with van der Waals surface area (Å²) in [6, 6.07) is 0. The Balaban J connectivity index is 2.47. The van der Waals surface area contributed by atoms with Gasteiger partial charge in [0.15, 0.2) is 0 Å². The predicted octanol–water partition coefficient (Wildman–Crippen LogP) is 2.18. The van der Waals surface area contributed by atoms with Gasteiger partial charge in [-0.2, -0.15) is 0 Å². The molecule has 3 nitrogen and oxygen atoms in total. The standard InChI is InChI=1S/C11H19FO3/c1-4-10(2,3)9(13)15-8-5-6-11(12,14)7-8/h8,14H,4-7H2,1-3H3. The molecule has 0 saturated heterocycles. The average molecular weight is 218 g/mol. The molecular formula is C11H19FO3. The normalized spacial score (nSPS) is 31.7. The number of halogens is 1. The van der Waals surface area contributed by atoms with E-state index in [1.807, 2.05) is 6.92 Å². The SMILES string of the molecule is CCC(C)(C)C(=O)OC1CCC(O)(F)C1. The highest BCUT2D eigenvalue weighted by Crippen LogP contribution is 2.34. The molecule has 0 aromatic rings. The van der Waals surface area contributed by atoms with E-state index in [2.05, 4.69) is 0 Å². The summed E-state index contributed by atoms with van der Waals surface area (Å²) in [6.07, 6.45) is 0.561. The van der Waals surface area contributed by atoms with Crippen molar-refractivity contribution in [1.82, 2.24) is 0 Å². The van der Waals surface area contributed by atoms with E-state index in [1.54, 1.807) is 13.8 Å². The molecule has 88 valence electrons. The van der Waals surface area contributed by atoms with Gasteiger partial charge in [0, 0.05) is 12.8 Å². The van der Waals surface area contributed by atoms with E-state index in [4.69, 9.17) is 9.84 Å². The molecule has 0 aliphatic heterocycles. The van der Waals surface area contributed by atoms with Crippen molar-refractivity contribution in [2.24, 2.45) is 5.41 Å². The first-order chi connectivity index (χ1) is 6.77. The Morgan fingerprint density at radius 2 is 2.27 bits per heavy atom. The molecule has 1 rings (SSSR count). The van der Waals surface area contributed by atoms with Gasteiger partial charge in [-0.1, -0.05) is 6.92 Å². The van der Waals surface area contributed by atoms with Crippen LogP contribution in [0.15, 0.2) is 0 Å². The third-order valence-electron chi connectivity index (χ3n) is 3.10. The van der Waals surface area contributed by atoms with Crippen molar-refractivity contribution < 1.29 is 19.0 Å². The molecule has 15 heavy (non-hydrogen) atoms. The van der Waals surface area contributed by atoms with Crippen molar-refractivity contribution in [2.45, 2.75) is 58.4 Å². The fourth-order valence-electron chi connectivity index (χ4n) is 1.49. The van der Waals surface area contributed by atoms with Crippen molar-refractivity contribution >= 4 is 5.97 Å². The van der Waals surface area contributed by atoms with Crippen LogP contribution in [0.5, 0.6) is 0 Å². The molecule has 0 bridgehead atoms. The molecular weight excluding hydrogens is 199 g/mol. The van der Waals surface area contributed by atoms with Crippen LogP contribution in [0.4, 0.5) is 4.39 Å². The molecule has 0 amide bonds. The molecule has 1 saturated carbocycles. The van der Waals surface area contributed by atoms with E-state index in [9.17, 15) is 9.18 Å². The van der Waals surface area contributed by atoms with Crippen LogP contribution < -0.4 is 0 Å². The number of carbonyl (C=O) groups excluding carboxylic acids is 1. The van der Waals surface area contributed by atoms with Crippen LogP contribution in [-0.2, 0) is 9.53 Å². The Labute approximate surface area is 89.6 Å². The van der Waals surface area contributed by atoms with Gasteiger partial charge in [0.05, 0.1) is 5.41 Å². The Bertz CT molecular complexity index is 248. The van der Waals surface area contributed by atoms with E-state index in [1.165, 1.54) is 0 Å². The van der Waals surface area contributed by atoms with E-state index in [0.29, 0.717) is 12.8 Å². The monoisotopic (exact) mass is 218 g/mol. The van der Waals surface area contributed by atoms with Gasteiger partial charge in [-0.05, 0) is 26.7 Å². The molecule has 0 spiro atoms. The van der Waals surface area contributed by atoms with Crippen LogP contribution in [0.1, 0.15) is 46.5 Å². The van der Waals surface area contributed by atoms with Crippen LogP contribution in [0.25, 0.3) is 0 Å². The first-order valence-corrected chi connectivity index (χ1v) is 5.39. The van der Waals surface area contributed by atoms with Gasteiger partial charge >= 0.3 is 5.97 Å². The van der Waals surface area contributed by atoms with E-state index in [-0.39, 0.29) is 18.8 Å². The molecule has 1 aliphatic carbocycles. The van der Waals surface area contributed by atoms with Crippen LogP contribution in [0.3, 0.4) is 0 Å². The smallest absolute Gasteiger partial charge is 0.311 e. The minimum Gasteiger partial charge on any atom is -0.462 e. The topological polar surface area (TPSA) is 46.5 Å². The molecule has 0 aromatic heterocycles. The van der Waals surface area contributed by atoms with Gasteiger partial charge in [-0.15, -0.1) is 0 Å². The summed E-state index contributed by atoms with van der Waals surface area (Å²) in [4.78, 5) is 11.6. The molecule has 0 aromatic carbocycles. The largest absolute Gasteiger partial charge is 0.462 e. The second-order valence-corrected chi connectivity index (χ2v) is 4.93. The summed E-state index contributed by atoms with van der Waals surface area (Å²) in [5, 5.41) is 9.08. The Hall–Kier alpha value is -0.640. The van der Waals surface area contributed by atoms with Gasteiger partial charge < -0.3 is 9.84 Å². The lowest BCUT2D eigenvalue weighted by Crippen LogP contribution is -2.30. The summed E-state index contributed by atoms with van der Waals surface area (Å²) in [5.74, 6) is -2.46. The molecule has 4 heteroatoms. The van der Waals surface area contributed by atoms with Gasteiger partial charge in [-0.3, -0.25) is 4.79 Å². The number of hydrogen-bond acceptors (Lipinski definition) is 3. The molecule has 0 heterocycles. The Kier molecular flexibility index (Phi) is 3.38. The fraction of sp³-hybridized carbons (Fsp3) is 0.909. The number of hydrogen-bond donors (Lipinski definition) is 1. The van der Waals surface area contributed by atoms with Crippen LogP contribution >= 0.6 is 0 Å². The maximum absolute atomic E-state index is 13.1. The van der Waals surface area contributed by atoms with Gasteiger partial charge in [-0.25, -0.2) is 4.39 Å². The molecule has 1 aliphatic rings. The van der Waals surface area contributed by atoms with Crippen LogP contribution in [-0.4, -0.2) is 23.0 Å². The molecule has 2 unspecified atom stereocenters. The zero-order chi connectivity index (χ0) is 11.7. The first kappa shape index (κ1) is 12.4. The van der Waals surface area contributed by atoms with Crippen LogP contribution in [0, 0.1) is 5.41 Å². The summed E-state index contributed by atoms with van der Waals surface area (Å²) in [6.45, 7) is 5.50. The van der Waals surface area contributed by atoms with Crippen molar-refractivity contribution in [2.75, 3.05) is 0 Å². The molecule has 2 atom stereocenters. The van der Waals surface area contributed by atoms with Crippen molar-refractivity contribution in [3.63, 3.8) is 0 Å². The Morgan fingerprint density at radius 3 is 2.67 bits per heavy atom. The van der Waals surface area contributed by atoms with Crippen molar-refractivity contribution in [1.29, 1.82) is 0 Å². The average Bonchev–Trinajstić information content (AvgIpc) is 2.45. The van der Waals surface area contributed by atoms with Gasteiger partial charge in [0.25, 0.3) is 0 Å². The zero-order valence-electron chi connectivity index (χ0n) is 9.55. The minimum absolute atomic E-state index is 0.0531. The number of esters is 1. The highest BCUT2D eigenvalue weighted by atomic mass is 19.2. The first-order valence-electron chi connectivity index (χ1n) is 5.39. The summed E-state index contributed by atoms with van der Waals surface area (Å²) >= 11 is 0. The lowest BCUT2D eigenvalue weighted by molar-refractivity contribution is -0.161. The number of rotatable bonds is 3. The lowest BCUT2D eigenvalue weighted by atomic mass is 9.90. The fourth-order valence-corrected chi connectivity index (χ4v) is 1.49. The van der Waals surface area contributed by atoms with Crippen molar-refractivity contribution in [3.05, 3.63) is 0 Å². The highest BCUT2D eigenvalue weighted by Gasteiger charge is 2.40. The Morgan fingerprint density at radius 1 is 1.67 bits per heavy atom. The molecule has 1 N–H and O–H groups in total. The summed E-state index contributed by atoms with van der Waals surface area (Å²) < 4.78 is 18.2. The second-order valence-electron chi connectivity index (χ2n) is 4.93. The highest BCUT2D eigenvalue weighted by molar-refractivity contribution is 5.76. The van der Waals surface area contributed by atoms with Crippen molar-refractivity contribution in [3.8, 4) is 0 Å². The third-order valence-corrected chi connectivity index (χ3v) is 3.10. The minimum atomic E-state index is -2.15. The summed E-state index contributed by atoms with van der Waals surface area (Å²) in [7, 11) is 0. The molecule has 0 radical (unpaired) electrons. The van der Waals surface area contributed by atoms with Gasteiger partial charge in [0.2, 0.25) is 5.85 Å². The lowest BCUT2D eigenvalue weighted by Gasteiger charge is -2.23. The van der Waals surface area contributed by atoms with E-state index >= 15 is 0 Å². The quantitative estimate of drug-likeness (QED) is 0.738. The maximum atomic E-state index is 13.1. The number of aliphatic hydroxyl groups is 1. The van der Waals surface area contributed by atoms with E-state index < -0.39 is 17.4 Å². The van der Waals surface area contributed by atoms with Crippen LogP contribution in [0.2, 0.25) is 0 Å².